The highest BCUT2D eigenvalue weighted by atomic mass is 16.5. The molecule has 2 aromatic carbocycles. The van der Waals surface area contributed by atoms with Gasteiger partial charge in [-0.15, -0.1) is 0 Å². The molecule has 1 N–H and O–H groups in total. The average molecular weight is 378 g/mol. The van der Waals surface area contributed by atoms with E-state index in [1.807, 2.05) is 24.3 Å². The molecule has 0 radical (unpaired) electrons. The summed E-state index contributed by atoms with van der Waals surface area (Å²) in [6.07, 6.45) is 0.951. The quantitative estimate of drug-likeness (QED) is 0.707. The molecule has 4 rings (SSSR count). The SMILES string of the molecule is COc1ccc(-c2noc([C@@H]3C[C@@H](NCc4ccc(C)cc4)CN3C)n2)cc1. The summed E-state index contributed by atoms with van der Waals surface area (Å²) in [4.78, 5) is 6.92. The van der Waals surface area contributed by atoms with Gasteiger partial charge in [0.1, 0.15) is 5.75 Å². The summed E-state index contributed by atoms with van der Waals surface area (Å²) < 4.78 is 10.8. The van der Waals surface area contributed by atoms with E-state index in [2.05, 4.69) is 58.6 Å². The molecule has 28 heavy (non-hydrogen) atoms. The number of nitrogens with zero attached hydrogens (tertiary/aromatic N) is 3. The van der Waals surface area contributed by atoms with Crippen LogP contribution in [0.15, 0.2) is 53.1 Å². The van der Waals surface area contributed by atoms with Crippen LogP contribution in [0.4, 0.5) is 0 Å². The molecule has 0 bridgehead atoms. The molecule has 146 valence electrons. The van der Waals surface area contributed by atoms with Crippen LogP contribution in [0.2, 0.25) is 0 Å². The molecule has 0 saturated carbocycles. The van der Waals surface area contributed by atoms with Gasteiger partial charge >= 0.3 is 0 Å². The smallest absolute Gasteiger partial charge is 0.244 e. The van der Waals surface area contributed by atoms with Crippen LogP contribution >= 0.6 is 0 Å². The lowest BCUT2D eigenvalue weighted by molar-refractivity contribution is 0.244. The summed E-state index contributed by atoms with van der Waals surface area (Å²) in [7, 11) is 3.76. The van der Waals surface area contributed by atoms with Crippen molar-refractivity contribution in [2.24, 2.45) is 0 Å². The second-order valence-electron chi connectivity index (χ2n) is 7.44. The zero-order valence-corrected chi connectivity index (χ0v) is 16.6. The van der Waals surface area contributed by atoms with Crippen LogP contribution in [0.25, 0.3) is 11.4 Å². The molecule has 6 nitrogen and oxygen atoms in total. The minimum atomic E-state index is 0.134. The van der Waals surface area contributed by atoms with Gasteiger partial charge in [0.15, 0.2) is 0 Å². The van der Waals surface area contributed by atoms with Gasteiger partial charge in [-0.3, -0.25) is 4.90 Å². The third-order valence-electron chi connectivity index (χ3n) is 5.34. The third-order valence-corrected chi connectivity index (χ3v) is 5.34. The normalized spacial score (nSPS) is 19.8. The summed E-state index contributed by atoms with van der Waals surface area (Å²) >= 11 is 0. The van der Waals surface area contributed by atoms with Crippen LogP contribution < -0.4 is 10.1 Å². The van der Waals surface area contributed by atoms with E-state index in [4.69, 9.17) is 9.26 Å². The molecule has 0 aliphatic carbocycles. The van der Waals surface area contributed by atoms with Crippen LogP contribution in [0.5, 0.6) is 5.75 Å². The van der Waals surface area contributed by atoms with Crippen molar-refractivity contribution < 1.29 is 9.26 Å². The van der Waals surface area contributed by atoms with Crippen LogP contribution in [0, 0.1) is 6.92 Å². The van der Waals surface area contributed by atoms with Crippen LogP contribution in [-0.4, -0.2) is 41.8 Å². The first-order valence-corrected chi connectivity index (χ1v) is 9.59. The molecule has 3 aromatic rings. The maximum atomic E-state index is 5.59. The van der Waals surface area contributed by atoms with Gasteiger partial charge in [-0.2, -0.15) is 4.98 Å². The lowest BCUT2D eigenvalue weighted by atomic mass is 10.1. The van der Waals surface area contributed by atoms with E-state index in [0.29, 0.717) is 17.8 Å². The molecule has 6 heteroatoms. The van der Waals surface area contributed by atoms with E-state index >= 15 is 0 Å². The monoisotopic (exact) mass is 378 g/mol. The number of rotatable bonds is 6. The minimum Gasteiger partial charge on any atom is -0.497 e. The Kier molecular flexibility index (Phi) is 5.41. The van der Waals surface area contributed by atoms with Gasteiger partial charge in [0.2, 0.25) is 11.7 Å². The topological polar surface area (TPSA) is 63.4 Å². The fourth-order valence-corrected chi connectivity index (χ4v) is 3.63. The fraction of sp³-hybridized carbons (Fsp3) is 0.364. The first-order chi connectivity index (χ1) is 13.6. The van der Waals surface area contributed by atoms with E-state index in [1.54, 1.807) is 7.11 Å². The number of ether oxygens (including phenoxy) is 1. The van der Waals surface area contributed by atoms with Gasteiger partial charge in [-0.05, 0) is 50.2 Å². The highest BCUT2D eigenvalue weighted by Gasteiger charge is 2.34. The van der Waals surface area contributed by atoms with E-state index < -0.39 is 0 Å². The Labute approximate surface area is 165 Å². The highest BCUT2D eigenvalue weighted by Crippen LogP contribution is 2.31. The predicted molar refractivity (Wildman–Crippen MR) is 108 cm³/mol. The van der Waals surface area contributed by atoms with Crippen molar-refractivity contribution in [2.75, 3.05) is 20.7 Å². The van der Waals surface area contributed by atoms with Crippen LogP contribution in [0.1, 0.15) is 29.5 Å². The summed E-state index contributed by atoms with van der Waals surface area (Å²) in [5.41, 5.74) is 3.51. The summed E-state index contributed by atoms with van der Waals surface area (Å²) in [5, 5.41) is 7.83. The number of hydrogen-bond donors (Lipinski definition) is 1. The third kappa shape index (κ3) is 4.08. The number of likely N-dealkylation sites (tertiary alicyclic amines) is 1. The van der Waals surface area contributed by atoms with Crippen molar-refractivity contribution in [3.63, 3.8) is 0 Å². The maximum absolute atomic E-state index is 5.59. The maximum Gasteiger partial charge on any atom is 0.244 e. The van der Waals surface area contributed by atoms with Gasteiger partial charge in [-0.1, -0.05) is 35.0 Å². The van der Waals surface area contributed by atoms with Gasteiger partial charge in [0.05, 0.1) is 13.2 Å². The molecule has 1 aromatic heterocycles. The zero-order valence-electron chi connectivity index (χ0n) is 16.6. The second kappa shape index (κ2) is 8.12. The number of methoxy groups -OCH3 is 1. The summed E-state index contributed by atoms with van der Waals surface area (Å²) in [6.45, 7) is 3.93. The number of likely N-dealkylation sites (N-methyl/N-ethyl adjacent to an activating group) is 1. The molecule has 0 amide bonds. The van der Waals surface area contributed by atoms with Crippen molar-refractivity contribution in [1.29, 1.82) is 0 Å². The van der Waals surface area contributed by atoms with Gasteiger partial charge < -0.3 is 14.6 Å². The minimum absolute atomic E-state index is 0.134. The van der Waals surface area contributed by atoms with Gasteiger partial charge in [-0.25, -0.2) is 0 Å². The standard InChI is InChI=1S/C22H26N4O2/c1-15-4-6-16(7-5-15)13-23-18-12-20(26(2)14-18)22-24-21(25-28-22)17-8-10-19(27-3)11-9-17/h4-11,18,20,23H,12-14H2,1-3H3/t18-,20+/m1/s1. The number of aryl methyl sites for hydroxylation is 1. The molecular formula is C22H26N4O2. The molecule has 2 atom stereocenters. The molecule has 1 fully saturated rings. The number of nitrogens with one attached hydrogen (secondary N) is 1. The molecular weight excluding hydrogens is 352 g/mol. The Morgan fingerprint density at radius 2 is 1.89 bits per heavy atom. The van der Waals surface area contributed by atoms with Crippen molar-refractivity contribution in [2.45, 2.75) is 32.0 Å². The van der Waals surface area contributed by atoms with Crippen molar-refractivity contribution >= 4 is 0 Å². The van der Waals surface area contributed by atoms with Crippen LogP contribution in [-0.2, 0) is 6.54 Å². The first-order valence-electron chi connectivity index (χ1n) is 9.59. The lowest BCUT2D eigenvalue weighted by Crippen LogP contribution is -2.30. The Balaban J connectivity index is 1.39. The molecule has 2 heterocycles. The Morgan fingerprint density at radius 3 is 2.61 bits per heavy atom. The lowest BCUT2D eigenvalue weighted by Gasteiger charge is -2.14. The van der Waals surface area contributed by atoms with Gasteiger partial charge in [0.25, 0.3) is 0 Å². The van der Waals surface area contributed by atoms with E-state index in [0.717, 1.165) is 30.8 Å². The van der Waals surface area contributed by atoms with Gasteiger partial charge in [0, 0.05) is 24.7 Å². The number of aromatic nitrogens is 2. The number of hydrogen-bond acceptors (Lipinski definition) is 6. The number of benzene rings is 2. The first kappa shape index (κ1) is 18.7. The van der Waals surface area contributed by atoms with E-state index in [-0.39, 0.29) is 6.04 Å². The zero-order chi connectivity index (χ0) is 19.5. The Morgan fingerprint density at radius 1 is 1.14 bits per heavy atom. The fourth-order valence-electron chi connectivity index (χ4n) is 3.63. The predicted octanol–water partition coefficient (Wildman–Crippen LogP) is 3.59. The molecule has 0 unspecified atom stereocenters. The highest BCUT2D eigenvalue weighted by molar-refractivity contribution is 5.55. The molecule has 1 saturated heterocycles. The molecule has 1 aliphatic rings. The molecule has 0 spiro atoms. The Hall–Kier alpha value is -2.70. The van der Waals surface area contributed by atoms with Crippen LogP contribution in [0.3, 0.4) is 0 Å². The second-order valence-corrected chi connectivity index (χ2v) is 7.44. The van der Waals surface area contributed by atoms with Crippen molar-refractivity contribution in [1.82, 2.24) is 20.4 Å². The van der Waals surface area contributed by atoms with E-state index in [9.17, 15) is 0 Å². The van der Waals surface area contributed by atoms with E-state index in [1.165, 1.54) is 11.1 Å². The summed E-state index contributed by atoms with van der Waals surface area (Å²) in [6, 6.07) is 16.9. The molecule has 1 aliphatic heterocycles. The van der Waals surface area contributed by atoms with Crippen molar-refractivity contribution in [3.8, 4) is 17.1 Å². The van der Waals surface area contributed by atoms with Crippen molar-refractivity contribution in [3.05, 3.63) is 65.5 Å². The Bertz CT molecular complexity index is 905. The largest absolute Gasteiger partial charge is 0.497 e. The summed E-state index contributed by atoms with van der Waals surface area (Å²) in [5.74, 6) is 2.10. The average Bonchev–Trinajstić information content (AvgIpc) is 3.34.